The van der Waals surface area contributed by atoms with Crippen molar-refractivity contribution >= 4 is 23.0 Å². The lowest BCUT2D eigenvalue weighted by Gasteiger charge is -2.36. The maximum absolute atomic E-state index is 12.8. The van der Waals surface area contributed by atoms with E-state index < -0.39 is 0 Å². The Hall–Kier alpha value is -2.77. The normalized spacial score (nSPS) is 17.8. The molecule has 8 nitrogen and oxygen atoms in total. The van der Waals surface area contributed by atoms with Gasteiger partial charge in [-0.15, -0.1) is 0 Å². The van der Waals surface area contributed by atoms with Gasteiger partial charge in [0.15, 0.2) is 0 Å². The van der Waals surface area contributed by atoms with Crippen molar-refractivity contribution in [1.82, 2.24) is 24.3 Å². The molecular formula is C23H33N5O3. The van der Waals surface area contributed by atoms with Crippen LogP contribution < -0.4 is 11.0 Å². The summed E-state index contributed by atoms with van der Waals surface area (Å²) in [6, 6.07) is 8.00. The topological polar surface area (TPSA) is 79.6 Å². The van der Waals surface area contributed by atoms with Crippen LogP contribution in [0.25, 0.3) is 11.0 Å². The fourth-order valence-corrected chi connectivity index (χ4v) is 4.83. The van der Waals surface area contributed by atoms with Crippen LogP contribution in [0.1, 0.15) is 45.4 Å². The number of urea groups is 1. The third-order valence-corrected chi connectivity index (χ3v) is 6.64. The zero-order valence-electron chi connectivity index (χ0n) is 18.4. The van der Waals surface area contributed by atoms with E-state index in [1.165, 1.54) is 19.3 Å². The van der Waals surface area contributed by atoms with E-state index in [4.69, 9.17) is 0 Å². The number of hydrogen-bond donors (Lipinski definition) is 1. The fourth-order valence-electron chi connectivity index (χ4n) is 4.83. The van der Waals surface area contributed by atoms with Gasteiger partial charge < -0.3 is 15.1 Å². The molecule has 2 aromatic rings. The molecule has 8 heteroatoms. The van der Waals surface area contributed by atoms with Gasteiger partial charge >= 0.3 is 11.7 Å². The highest BCUT2D eigenvalue weighted by atomic mass is 16.2. The molecule has 1 N–H and O–H groups in total. The fraction of sp³-hybridized carbons (Fsp3) is 0.609. The average Bonchev–Trinajstić information content (AvgIpc) is 3.08. The summed E-state index contributed by atoms with van der Waals surface area (Å²) in [6.45, 7) is 5.12. The van der Waals surface area contributed by atoms with Crippen LogP contribution in [0.5, 0.6) is 0 Å². The number of piperazine rings is 1. The second kappa shape index (κ2) is 9.58. The Labute approximate surface area is 182 Å². The number of carbonyl (C=O) groups excluding carboxylic acids is 2. The van der Waals surface area contributed by atoms with Crippen LogP contribution >= 0.6 is 0 Å². The number of imidazole rings is 1. The first kappa shape index (κ1) is 21.5. The van der Waals surface area contributed by atoms with Crippen LogP contribution in [0.15, 0.2) is 29.1 Å². The molecule has 4 rings (SSSR count). The van der Waals surface area contributed by atoms with Crippen molar-refractivity contribution in [2.45, 2.75) is 64.6 Å². The Morgan fingerprint density at radius 2 is 1.55 bits per heavy atom. The molecule has 0 spiro atoms. The van der Waals surface area contributed by atoms with Gasteiger partial charge in [0.25, 0.3) is 0 Å². The van der Waals surface area contributed by atoms with Gasteiger partial charge in [-0.25, -0.2) is 9.59 Å². The number of nitrogens with one attached hydrogen (secondary N) is 1. The number of amides is 3. The Morgan fingerprint density at radius 1 is 0.935 bits per heavy atom. The molecule has 1 saturated heterocycles. The molecule has 168 valence electrons. The van der Waals surface area contributed by atoms with Gasteiger partial charge in [-0.3, -0.25) is 13.9 Å². The minimum atomic E-state index is -0.0688. The Morgan fingerprint density at radius 3 is 2.19 bits per heavy atom. The van der Waals surface area contributed by atoms with Crippen LogP contribution in [-0.2, 0) is 17.9 Å². The molecule has 2 fully saturated rings. The van der Waals surface area contributed by atoms with Crippen molar-refractivity contribution in [2.24, 2.45) is 0 Å². The summed E-state index contributed by atoms with van der Waals surface area (Å²) in [5, 5.41) is 3.15. The van der Waals surface area contributed by atoms with E-state index in [1.807, 2.05) is 41.0 Å². The molecule has 0 unspecified atom stereocenters. The summed E-state index contributed by atoms with van der Waals surface area (Å²) >= 11 is 0. The second-order valence-corrected chi connectivity index (χ2v) is 8.57. The Balaban J connectivity index is 1.30. The highest BCUT2D eigenvalue weighted by molar-refractivity contribution is 5.79. The molecule has 1 aliphatic carbocycles. The van der Waals surface area contributed by atoms with Crippen LogP contribution in [0.4, 0.5) is 4.79 Å². The van der Waals surface area contributed by atoms with Gasteiger partial charge in [0, 0.05) is 51.7 Å². The summed E-state index contributed by atoms with van der Waals surface area (Å²) < 4.78 is 3.44. The zero-order chi connectivity index (χ0) is 21.8. The van der Waals surface area contributed by atoms with Crippen LogP contribution in [-0.4, -0.2) is 63.1 Å². The van der Waals surface area contributed by atoms with Crippen LogP contribution in [0.2, 0.25) is 0 Å². The number of hydrogen-bond acceptors (Lipinski definition) is 3. The minimum absolute atomic E-state index is 0.00192. The van der Waals surface area contributed by atoms with E-state index in [2.05, 4.69) is 5.32 Å². The molecule has 2 aliphatic rings. The van der Waals surface area contributed by atoms with Crippen molar-refractivity contribution in [1.29, 1.82) is 0 Å². The van der Waals surface area contributed by atoms with Crippen LogP contribution in [0.3, 0.4) is 0 Å². The number of aryl methyl sites for hydroxylation is 2. The summed E-state index contributed by atoms with van der Waals surface area (Å²) in [5.41, 5.74) is 1.70. The molecule has 1 saturated carbocycles. The highest BCUT2D eigenvalue weighted by Gasteiger charge is 2.26. The van der Waals surface area contributed by atoms with Crippen molar-refractivity contribution < 1.29 is 9.59 Å². The maximum Gasteiger partial charge on any atom is 0.329 e. The van der Waals surface area contributed by atoms with Gasteiger partial charge in [0.05, 0.1) is 11.0 Å². The SMILES string of the molecule is CCn1c(=O)n(CCC(=O)N2CCN(C(=O)NC3CCCCC3)CC2)c2ccccc21. The molecule has 0 atom stereocenters. The van der Waals surface area contributed by atoms with Crippen molar-refractivity contribution in [3.63, 3.8) is 0 Å². The third kappa shape index (κ3) is 4.62. The number of fused-ring (bicyclic) bond motifs is 1. The van der Waals surface area contributed by atoms with Crippen LogP contribution in [0, 0.1) is 0 Å². The molecule has 3 amide bonds. The molecule has 0 bridgehead atoms. The third-order valence-electron chi connectivity index (χ3n) is 6.64. The lowest BCUT2D eigenvalue weighted by molar-refractivity contribution is -0.132. The number of benzene rings is 1. The van der Waals surface area contributed by atoms with Gasteiger partial charge in [0.2, 0.25) is 5.91 Å². The summed E-state index contributed by atoms with van der Waals surface area (Å²) in [4.78, 5) is 41.7. The predicted octanol–water partition coefficient (Wildman–Crippen LogP) is 2.40. The number of aromatic nitrogens is 2. The molecule has 1 aliphatic heterocycles. The van der Waals surface area contributed by atoms with Crippen molar-refractivity contribution in [3.05, 3.63) is 34.7 Å². The van der Waals surface area contributed by atoms with Gasteiger partial charge in [-0.2, -0.15) is 0 Å². The first-order valence-electron chi connectivity index (χ1n) is 11.6. The summed E-state index contributed by atoms with van der Waals surface area (Å²) in [6.07, 6.45) is 6.06. The molecule has 31 heavy (non-hydrogen) atoms. The van der Waals surface area contributed by atoms with E-state index in [0.717, 1.165) is 23.9 Å². The average molecular weight is 428 g/mol. The lowest BCUT2D eigenvalue weighted by atomic mass is 9.96. The van der Waals surface area contributed by atoms with E-state index in [9.17, 15) is 14.4 Å². The number of para-hydroxylation sites is 2. The molecular weight excluding hydrogens is 394 g/mol. The zero-order valence-corrected chi connectivity index (χ0v) is 18.4. The monoisotopic (exact) mass is 427 g/mol. The highest BCUT2D eigenvalue weighted by Crippen LogP contribution is 2.18. The van der Waals surface area contributed by atoms with Gasteiger partial charge in [0.1, 0.15) is 0 Å². The van der Waals surface area contributed by atoms with E-state index in [-0.39, 0.29) is 24.0 Å². The van der Waals surface area contributed by atoms with Gasteiger partial charge in [-0.05, 0) is 31.9 Å². The molecule has 2 heterocycles. The quantitative estimate of drug-likeness (QED) is 0.796. The predicted molar refractivity (Wildman–Crippen MR) is 120 cm³/mol. The number of nitrogens with zero attached hydrogens (tertiary/aromatic N) is 4. The standard InChI is InChI=1S/C23H33N5O3/c1-2-27-19-10-6-7-11-20(19)28(23(27)31)13-12-21(29)25-14-16-26(17-15-25)22(30)24-18-8-4-3-5-9-18/h6-7,10-11,18H,2-5,8-9,12-17H2,1H3,(H,24,30). The van der Waals surface area contributed by atoms with E-state index in [0.29, 0.717) is 45.3 Å². The van der Waals surface area contributed by atoms with Crippen molar-refractivity contribution in [3.8, 4) is 0 Å². The van der Waals surface area contributed by atoms with Crippen molar-refractivity contribution in [2.75, 3.05) is 26.2 Å². The largest absolute Gasteiger partial charge is 0.339 e. The molecule has 0 radical (unpaired) electrons. The molecule has 1 aromatic heterocycles. The maximum atomic E-state index is 12.8. The van der Waals surface area contributed by atoms with E-state index >= 15 is 0 Å². The lowest BCUT2D eigenvalue weighted by Crippen LogP contribution is -2.54. The van der Waals surface area contributed by atoms with E-state index in [1.54, 1.807) is 9.13 Å². The second-order valence-electron chi connectivity index (χ2n) is 8.57. The Bertz CT molecular complexity index is 981. The summed E-state index contributed by atoms with van der Waals surface area (Å²) in [7, 11) is 0. The first-order valence-corrected chi connectivity index (χ1v) is 11.6. The number of rotatable bonds is 5. The van der Waals surface area contributed by atoms with Gasteiger partial charge in [-0.1, -0.05) is 31.4 Å². The number of carbonyl (C=O) groups is 2. The molecule has 1 aromatic carbocycles. The Kier molecular flexibility index (Phi) is 6.63. The summed E-state index contributed by atoms with van der Waals surface area (Å²) in [5.74, 6) is 0.0348. The minimum Gasteiger partial charge on any atom is -0.339 e. The smallest absolute Gasteiger partial charge is 0.329 e. The first-order chi connectivity index (χ1) is 15.1.